The molecule has 23 heavy (non-hydrogen) atoms. The first-order chi connectivity index (χ1) is 11.2. The molecule has 1 aliphatic rings. The number of carbonyl (C=O) groups is 1. The highest BCUT2D eigenvalue weighted by Crippen LogP contribution is 2.24. The molecule has 0 saturated carbocycles. The van der Waals surface area contributed by atoms with Crippen LogP contribution in [0.2, 0.25) is 0 Å². The molecule has 0 radical (unpaired) electrons. The Hall–Kier alpha value is -2.33. The molecule has 1 amide bonds. The van der Waals surface area contributed by atoms with Gasteiger partial charge in [-0.15, -0.1) is 0 Å². The maximum atomic E-state index is 12.6. The van der Waals surface area contributed by atoms with Gasteiger partial charge in [0.15, 0.2) is 0 Å². The zero-order valence-corrected chi connectivity index (χ0v) is 13.2. The molecule has 0 bridgehead atoms. The normalized spacial score (nSPS) is 15.4. The number of hydrogen-bond acceptors (Lipinski definition) is 3. The summed E-state index contributed by atoms with van der Waals surface area (Å²) >= 11 is 0. The lowest BCUT2D eigenvalue weighted by molar-refractivity contribution is 0.0951. The second-order valence-corrected chi connectivity index (χ2v) is 6.01. The zero-order valence-electron chi connectivity index (χ0n) is 13.2. The van der Waals surface area contributed by atoms with Crippen LogP contribution in [0, 0.1) is 0 Å². The van der Waals surface area contributed by atoms with E-state index in [1.807, 2.05) is 54.6 Å². The van der Waals surface area contributed by atoms with Gasteiger partial charge in [0, 0.05) is 31.4 Å². The van der Waals surface area contributed by atoms with E-state index in [0.717, 1.165) is 42.7 Å². The van der Waals surface area contributed by atoms with Gasteiger partial charge in [-0.3, -0.25) is 4.79 Å². The van der Waals surface area contributed by atoms with Crippen LogP contribution in [0.1, 0.15) is 28.8 Å². The van der Waals surface area contributed by atoms with Gasteiger partial charge < -0.3 is 16.0 Å². The average Bonchev–Trinajstić information content (AvgIpc) is 2.61. The number of benzene rings is 2. The van der Waals surface area contributed by atoms with E-state index in [9.17, 15) is 4.79 Å². The van der Waals surface area contributed by atoms with Gasteiger partial charge in [-0.05, 0) is 30.5 Å². The fourth-order valence-electron chi connectivity index (χ4n) is 2.96. The van der Waals surface area contributed by atoms with Crippen molar-refractivity contribution in [3.05, 3.63) is 65.7 Å². The number of anilines is 1. The minimum atomic E-state index is -0.0284. The van der Waals surface area contributed by atoms with Crippen LogP contribution < -0.4 is 16.0 Å². The van der Waals surface area contributed by atoms with Crippen molar-refractivity contribution in [1.82, 2.24) is 5.32 Å². The maximum Gasteiger partial charge on any atom is 0.253 e. The number of amides is 1. The fourth-order valence-corrected chi connectivity index (χ4v) is 2.96. The monoisotopic (exact) mass is 309 g/mol. The summed E-state index contributed by atoms with van der Waals surface area (Å²) in [7, 11) is 0. The highest BCUT2D eigenvalue weighted by Gasteiger charge is 2.20. The minimum Gasteiger partial charge on any atom is -0.371 e. The van der Waals surface area contributed by atoms with Gasteiger partial charge in [0.05, 0.1) is 5.56 Å². The number of para-hydroxylation sites is 1. The molecule has 1 aliphatic heterocycles. The molecule has 2 aromatic carbocycles. The molecule has 3 N–H and O–H groups in total. The molecule has 1 heterocycles. The Morgan fingerprint density at radius 3 is 2.43 bits per heavy atom. The predicted octanol–water partition coefficient (Wildman–Crippen LogP) is 2.54. The van der Waals surface area contributed by atoms with E-state index in [1.165, 1.54) is 0 Å². The molecule has 0 aliphatic carbocycles. The first kappa shape index (κ1) is 15.6. The summed E-state index contributed by atoms with van der Waals surface area (Å²) in [5.41, 5.74) is 8.82. The molecule has 0 spiro atoms. The van der Waals surface area contributed by atoms with Crippen LogP contribution >= 0.6 is 0 Å². The minimum absolute atomic E-state index is 0.0284. The van der Waals surface area contributed by atoms with Crippen LogP contribution in [0.4, 0.5) is 5.69 Å². The van der Waals surface area contributed by atoms with Gasteiger partial charge in [0.25, 0.3) is 5.91 Å². The van der Waals surface area contributed by atoms with E-state index in [-0.39, 0.29) is 11.9 Å². The van der Waals surface area contributed by atoms with Crippen molar-refractivity contribution in [1.29, 1.82) is 0 Å². The summed E-state index contributed by atoms with van der Waals surface area (Å²) in [5, 5.41) is 3.01. The lowest BCUT2D eigenvalue weighted by Crippen LogP contribution is -2.40. The van der Waals surface area contributed by atoms with Gasteiger partial charge in [-0.1, -0.05) is 42.5 Å². The van der Waals surface area contributed by atoms with Crippen LogP contribution in [0.15, 0.2) is 54.6 Å². The van der Waals surface area contributed by atoms with E-state index in [1.54, 1.807) is 0 Å². The highest BCUT2D eigenvalue weighted by atomic mass is 16.1. The Labute approximate surface area is 137 Å². The zero-order chi connectivity index (χ0) is 16.1. The summed E-state index contributed by atoms with van der Waals surface area (Å²) in [6.07, 6.45) is 1.94. The highest BCUT2D eigenvalue weighted by molar-refractivity contribution is 5.99. The first-order valence-electron chi connectivity index (χ1n) is 8.16. The van der Waals surface area contributed by atoms with Crippen LogP contribution in [0.25, 0.3) is 0 Å². The van der Waals surface area contributed by atoms with E-state index in [0.29, 0.717) is 6.54 Å². The van der Waals surface area contributed by atoms with Gasteiger partial charge in [-0.25, -0.2) is 0 Å². The standard InChI is InChI=1S/C19H23N3O/c20-16-10-12-22(13-11-16)18-9-5-4-8-17(18)19(23)21-14-15-6-2-1-3-7-15/h1-9,16H,10-14,20H2,(H,21,23). The summed E-state index contributed by atoms with van der Waals surface area (Å²) in [6.45, 7) is 2.35. The second kappa shape index (κ2) is 7.29. The van der Waals surface area contributed by atoms with Crippen LogP contribution in [-0.2, 0) is 6.54 Å². The molecule has 4 heteroatoms. The van der Waals surface area contributed by atoms with E-state index >= 15 is 0 Å². The Balaban J connectivity index is 1.70. The molecule has 0 atom stereocenters. The van der Waals surface area contributed by atoms with Gasteiger partial charge in [0.2, 0.25) is 0 Å². The van der Waals surface area contributed by atoms with E-state index in [4.69, 9.17) is 5.73 Å². The second-order valence-electron chi connectivity index (χ2n) is 6.01. The lowest BCUT2D eigenvalue weighted by atomic mass is 10.0. The summed E-state index contributed by atoms with van der Waals surface area (Å²) in [4.78, 5) is 14.8. The molecule has 0 unspecified atom stereocenters. The molecule has 2 aromatic rings. The number of nitrogens with one attached hydrogen (secondary N) is 1. The third kappa shape index (κ3) is 3.90. The third-order valence-electron chi connectivity index (χ3n) is 4.32. The predicted molar refractivity (Wildman–Crippen MR) is 93.5 cm³/mol. The number of hydrogen-bond donors (Lipinski definition) is 2. The van der Waals surface area contributed by atoms with Crippen LogP contribution in [-0.4, -0.2) is 25.0 Å². The number of rotatable bonds is 4. The van der Waals surface area contributed by atoms with Crippen molar-refractivity contribution in [2.24, 2.45) is 5.73 Å². The molecule has 4 nitrogen and oxygen atoms in total. The molecule has 0 aromatic heterocycles. The topological polar surface area (TPSA) is 58.4 Å². The van der Waals surface area contributed by atoms with Gasteiger partial charge in [0.1, 0.15) is 0 Å². The van der Waals surface area contributed by atoms with Crippen molar-refractivity contribution in [2.45, 2.75) is 25.4 Å². The molecule has 120 valence electrons. The molecular weight excluding hydrogens is 286 g/mol. The van der Waals surface area contributed by atoms with Crippen molar-refractivity contribution >= 4 is 11.6 Å². The molecule has 1 saturated heterocycles. The molecule has 3 rings (SSSR count). The Morgan fingerprint density at radius 1 is 1.04 bits per heavy atom. The number of nitrogens with two attached hydrogens (primary N) is 1. The summed E-state index contributed by atoms with van der Waals surface area (Å²) in [6, 6.07) is 18.1. The van der Waals surface area contributed by atoms with Crippen molar-refractivity contribution in [2.75, 3.05) is 18.0 Å². The molecular formula is C19H23N3O. The Bertz CT molecular complexity index is 649. The Kier molecular flexibility index (Phi) is 4.93. The smallest absolute Gasteiger partial charge is 0.253 e. The number of carbonyl (C=O) groups excluding carboxylic acids is 1. The molecule has 1 fully saturated rings. The van der Waals surface area contributed by atoms with Crippen molar-refractivity contribution < 1.29 is 4.79 Å². The third-order valence-corrected chi connectivity index (χ3v) is 4.32. The SMILES string of the molecule is NC1CCN(c2ccccc2C(=O)NCc2ccccc2)CC1. The van der Waals surface area contributed by atoms with Gasteiger partial charge >= 0.3 is 0 Å². The largest absolute Gasteiger partial charge is 0.371 e. The van der Waals surface area contributed by atoms with Crippen molar-refractivity contribution in [3.8, 4) is 0 Å². The first-order valence-corrected chi connectivity index (χ1v) is 8.16. The van der Waals surface area contributed by atoms with E-state index in [2.05, 4.69) is 10.2 Å². The van der Waals surface area contributed by atoms with Crippen LogP contribution in [0.3, 0.4) is 0 Å². The maximum absolute atomic E-state index is 12.6. The number of piperidine rings is 1. The Morgan fingerprint density at radius 2 is 1.70 bits per heavy atom. The van der Waals surface area contributed by atoms with Crippen LogP contribution in [0.5, 0.6) is 0 Å². The summed E-state index contributed by atoms with van der Waals surface area (Å²) in [5.74, 6) is -0.0284. The lowest BCUT2D eigenvalue weighted by Gasteiger charge is -2.33. The summed E-state index contributed by atoms with van der Waals surface area (Å²) < 4.78 is 0. The van der Waals surface area contributed by atoms with Gasteiger partial charge in [-0.2, -0.15) is 0 Å². The fraction of sp³-hybridized carbons (Fsp3) is 0.316. The average molecular weight is 309 g/mol. The number of nitrogens with zero attached hydrogens (tertiary/aromatic N) is 1. The van der Waals surface area contributed by atoms with E-state index < -0.39 is 0 Å². The quantitative estimate of drug-likeness (QED) is 0.912. The van der Waals surface area contributed by atoms with Crippen molar-refractivity contribution in [3.63, 3.8) is 0 Å².